The van der Waals surface area contributed by atoms with E-state index >= 15 is 0 Å². The van der Waals surface area contributed by atoms with Crippen LogP contribution in [0.2, 0.25) is 0 Å². The zero-order valence-electron chi connectivity index (χ0n) is 19.9. The molecule has 5 heteroatoms. The van der Waals surface area contributed by atoms with Crippen molar-refractivity contribution in [3.8, 4) is 0 Å². The maximum absolute atomic E-state index is 13.2. The average molecular weight is 459 g/mol. The Morgan fingerprint density at radius 1 is 0.971 bits per heavy atom. The van der Waals surface area contributed by atoms with E-state index in [9.17, 15) is 15.0 Å². The Kier molecular flexibility index (Phi) is 6.43. The van der Waals surface area contributed by atoms with E-state index in [0.717, 1.165) is 61.5 Å². The van der Waals surface area contributed by atoms with Crippen LogP contribution in [0.25, 0.3) is 10.8 Å². The van der Waals surface area contributed by atoms with Crippen LogP contribution in [0, 0.1) is 6.92 Å². The Balaban J connectivity index is 1.13. The van der Waals surface area contributed by atoms with Crippen molar-refractivity contribution in [2.45, 2.75) is 50.9 Å². The van der Waals surface area contributed by atoms with Crippen LogP contribution in [0.5, 0.6) is 0 Å². The van der Waals surface area contributed by atoms with Gasteiger partial charge in [0.2, 0.25) is 0 Å². The van der Waals surface area contributed by atoms with Gasteiger partial charge in [-0.15, -0.1) is 0 Å². The molecular formula is C29H34N2O3. The van der Waals surface area contributed by atoms with Crippen LogP contribution in [0.1, 0.15) is 59.0 Å². The van der Waals surface area contributed by atoms with Crippen LogP contribution in [0.3, 0.4) is 0 Å². The first-order chi connectivity index (χ1) is 16.4. The number of hydrogen-bond donors (Lipinski definition) is 2. The van der Waals surface area contributed by atoms with Crippen LogP contribution in [-0.4, -0.2) is 57.7 Å². The summed E-state index contributed by atoms with van der Waals surface area (Å²) in [5.74, 6) is -0.110. The minimum Gasteiger partial charge on any atom is -0.390 e. The zero-order chi connectivity index (χ0) is 23.7. The van der Waals surface area contributed by atoms with E-state index in [1.54, 1.807) is 4.90 Å². The fourth-order valence-corrected chi connectivity index (χ4v) is 5.49. The monoisotopic (exact) mass is 458 g/mol. The first kappa shape index (κ1) is 23.0. The van der Waals surface area contributed by atoms with Gasteiger partial charge in [-0.05, 0) is 56.0 Å². The number of piperidine rings is 1. The lowest BCUT2D eigenvalue weighted by atomic mass is 9.86. The van der Waals surface area contributed by atoms with E-state index in [2.05, 4.69) is 36.1 Å². The van der Waals surface area contributed by atoms with Crippen molar-refractivity contribution < 1.29 is 15.0 Å². The molecule has 1 unspecified atom stereocenters. The summed E-state index contributed by atoms with van der Waals surface area (Å²) < 4.78 is 0. The molecule has 2 aliphatic rings. The quantitative estimate of drug-likeness (QED) is 0.549. The number of likely N-dealkylation sites (tertiary alicyclic amines) is 1. The minimum atomic E-state index is -0.922. The van der Waals surface area contributed by atoms with E-state index in [1.165, 1.54) is 11.1 Å². The number of aryl methyl sites for hydroxylation is 2. The topological polar surface area (TPSA) is 64.0 Å². The van der Waals surface area contributed by atoms with Gasteiger partial charge in [-0.3, -0.25) is 4.79 Å². The molecule has 2 aliphatic heterocycles. The molecule has 1 fully saturated rings. The number of nitrogens with zero attached hydrogens (tertiary/aromatic N) is 2. The van der Waals surface area contributed by atoms with Crippen molar-refractivity contribution in [3.63, 3.8) is 0 Å². The van der Waals surface area contributed by atoms with E-state index < -0.39 is 11.8 Å². The lowest BCUT2D eigenvalue weighted by Gasteiger charge is -2.40. The van der Waals surface area contributed by atoms with E-state index in [1.807, 2.05) is 36.4 Å². The highest BCUT2D eigenvalue weighted by Gasteiger charge is 2.35. The number of carbonyl (C=O) groups is 1. The first-order valence-corrected chi connectivity index (χ1v) is 12.4. The van der Waals surface area contributed by atoms with Crippen molar-refractivity contribution in [1.29, 1.82) is 0 Å². The summed E-state index contributed by atoms with van der Waals surface area (Å²) in [6.07, 6.45) is 3.38. The molecular weight excluding hydrogens is 424 g/mol. The molecule has 34 heavy (non-hydrogen) atoms. The second kappa shape index (κ2) is 9.49. The van der Waals surface area contributed by atoms with Gasteiger partial charge in [0.1, 0.15) is 0 Å². The summed E-state index contributed by atoms with van der Waals surface area (Å²) in [4.78, 5) is 17.0. The number of hydrogen-bond acceptors (Lipinski definition) is 4. The average Bonchev–Trinajstić information content (AvgIpc) is 2.85. The second-order valence-corrected chi connectivity index (χ2v) is 10.0. The van der Waals surface area contributed by atoms with Gasteiger partial charge >= 0.3 is 0 Å². The SMILES string of the molecule is Cc1ccc(CCCC2(O)CCN(CCN3C(=O)c4cccc5cccc(c45)C3O)CC2)cc1. The highest BCUT2D eigenvalue weighted by Crippen LogP contribution is 2.35. The molecule has 1 amide bonds. The lowest BCUT2D eigenvalue weighted by molar-refractivity contribution is -0.0357. The first-order valence-electron chi connectivity index (χ1n) is 12.4. The van der Waals surface area contributed by atoms with Crippen LogP contribution in [0.15, 0.2) is 60.7 Å². The Morgan fingerprint density at radius 2 is 1.68 bits per heavy atom. The number of carbonyl (C=O) groups excluding carboxylic acids is 1. The van der Waals surface area contributed by atoms with E-state index in [4.69, 9.17) is 0 Å². The molecule has 5 rings (SSSR count). The third-order valence-corrected chi connectivity index (χ3v) is 7.67. The predicted molar refractivity (Wildman–Crippen MR) is 135 cm³/mol. The number of rotatable bonds is 7. The van der Waals surface area contributed by atoms with Gasteiger partial charge in [0, 0.05) is 42.7 Å². The summed E-state index contributed by atoms with van der Waals surface area (Å²) in [6, 6.07) is 20.2. The van der Waals surface area contributed by atoms with Crippen molar-refractivity contribution in [3.05, 3.63) is 82.9 Å². The molecule has 2 heterocycles. The summed E-state index contributed by atoms with van der Waals surface area (Å²) in [6.45, 7) is 4.88. The molecule has 0 aromatic heterocycles. The molecule has 5 nitrogen and oxygen atoms in total. The molecule has 0 saturated carbocycles. The normalized spacial score (nSPS) is 20.1. The Morgan fingerprint density at radius 3 is 2.41 bits per heavy atom. The van der Waals surface area contributed by atoms with Gasteiger partial charge in [-0.25, -0.2) is 0 Å². The van der Waals surface area contributed by atoms with Crippen molar-refractivity contribution in [2.75, 3.05) is 26.2 Å². The maximum atomic E-state index is 13.2. The summed E-state index contributed by atoms with van der Waals surface area (Å²) in [7, 11) is 0. The summed E-state index contributed by atoms with van der Waals surface area (Å²) >= 11 is 0. The molecule has 1 atom stereocenters. The van der Waals surface area contributed by atoms with Crippen LogP contribution in [0.4, 0.5) is 0 Å². The van der Waals surface area contributed by atoms with Crippen LogP contribution in [-0.2, 0) is 6.42 Å². The third-order valence-electron chi connectivity index (χ3n) is 7.67. The fourth-order valence-electron chi connectivity index (χ4n) is 5.49. The molecule has 2 N–H and O–H groups in total. The summed E-state index contributed by atoms with van der Waals surface area (Å²) in [5.41, 5.74) is 3.47. The summed E-state index contributed by atoms with van der Waals surface area (Å²) in [5, 5.41) is 23.9. The molecule has 0 aliphatic carbocycles. The van der Waals surface area contributed by atoms with E-state index in [0.29, 0.717) is 18.7 Å². The van der Waals surface area contributed by atoms with Gasteiger partial charge in [-0.1, -0.05) is 60.2 Å². The Hall–Kier alpha value is -2.73. The molecule has 3 aromatic rings. The van der Waals surface area contributed by atoms with Gasteiger partial charge in [-0.2, -0.15) is 0 Å². The molecule has 178 valence electrons. The zero-order valence-corrected chi connectivity index (χ0v) is 19.9. The fraction of sp³-hybridized carbons (Fsp3) is 0.414. The lowest BCUT2D eigenvalue weighted by Crippen LogP contribution is -2.48. The minimum absolute atomic E-state index is 0.110. The second-order valence-electron chi connectivity index (χ2n) is 10.0. The van der Waals surface area contributed by atoms with Gasteiger partial charge in [0.25, 0.3) is 5.91 Å². The molecule has 0 radical (unpaired) electrons. The Labute approximate surface area is 201 Å². The number of amides is 1. The largest absolute Gasteiger partial charge is 0.390 e. The molecule has 1 saturated heterocycles. The van der Waals surface area contributed by atoms with Crippen LogP contribution < -0.4 is 0 Å². The van der Waals surface area contributed by atoms with Crippen LogP contribution >= 0.6 is 0 Å². The standard InChI is InChI=1S/C29H34N2O3/c1-21-10-12-22(13-11-21)5-4-14-29(34)15-17-30(18-16-29)19-20-31-27(32)24-8-2-6-23-7-3-9-25(26(23)24)28(31)33/h2-3,6-13,27,32,34H,4-5,14-20H2,1H3. The molecule has 0 bridgehead atoms. The predicted octanol–water partition coefficient (Wildman–Crippen LogP) is 4.44. The Bertz CT molecular complexity index is 1160. The maximum Gasteiger partial charge on any atom is 0.256 e. The highest BCUT2D eigenvalue weighted by atomic mass is 16.3. The van der Waals surface area contributed by atoms with Gasteiger partial charge < -0.3 is 20.0 Å². The smallest absolute Gasteiger partial charge is 0.256 e. The van der Waals surface area contributed by atoms with Crippen molar-refractivity contribution in [1.82, 2.24) is 9.80 Å². The van der Waals surface area contributed by atoms with Crippen molar-refractivity contribution >= 4 is 16.7 Å². The highest BCUT2D eigenvalue weighted by molar-refractivity contribution is 6.10. The van der Waals surface area contributed by atoms with E-state index in [-0.39, 0.29) is 5.91 Å². The number of aliphatic hydroxyl groups is 2. The van der Waals surface area contributed by atoms with Crippen molar-refractivity contribution in [2.24, 2.45) is 0 Å². The third kappa shape index (κ3) is 4.61. The molecule has 0 spiro atoms. The van der Waals surface area contributed by atoms with Gasteiger partial charge in [0.15, 0.2) is 6.23 Å². The molecule has 3 aromatic carbocycles. The number of benzene rings is 3. The number of aliphatic hydroxyl groups excluding tert-OH is 1. The van der Waals surface area contributed by atoms with Gasteiger partial charge in [0.05, 0.1) is 5.60 Å².